The molecule has 3 N–H and O–H groups in total. The zero-order chi connectivity index (χ0) is 14.9. The molecule has 1 aliphatic rings. The average molecular weight is 289 g/mol. The van der Waals surface area contributed by atoms with Gasteiger partial charge in [0, 0.05) is 6.54 Å². The fourth-order valence-electron chi connectivity index (χ4n) is 2.40. The van der Waals surface area contributed by atoms with Crippen LogP contribution < -0.4 is 10.5 Å². The van der Waals surface area contributed by atoms with E-state index in [-0.39, 0.29) is 18.9 Å². The minimum absolute atomic E-state index is 0.0697. The molecule has 6 heteroatoms. The largest absolute Gasteiger partial charge is 0.493 e. The highest BCUT2D eigenvalue weighted by atomic mass is 16.5. The van der Waals surface area contributed by atoms with Crippen molar-refractivity contribution in [3.05, 3.63) is 41.5 Å². The normalized spacial score (nSPS) is 20.4. The second kappa shape index (κ2) is 5.46. The van der Waals surface area contributed by atoms with Crippen LogP contribution in [0, 0.1) is 0 Å². The van der Waals surface area contributed by atoms with Gasteiger partial charge in [-0.25, -0.2) is 0 Å². The third-order valence-corrected chi connectivity index (χ3v) is 3.70. The van der Waals surface area contributed by atoms with E-state index in [0.29, 0.717) is 18.3 Å². The number of aliphatic hydroxyl groups is 1. The van der Waals surface area contributed by atoms with Gasteiger partial charge in [-0.2, -0.15) is 4.98 Å². The van der Waals surface area contributed by atoms with Crippen LogP contribution in [0.4, 0.5) is 0 Å². The van der Waals surface area contributed by atoms with E-state index < -0.39 is 5.60 Å². The van der Waals surface area contributed by atoms with E-state index in [4.69, 9.17) is 15.0 Å². The number of rotatable bonds is 4. The van der Waals surface area contributed by atoms with E-state index in [1.807, 2.05) is 24.3 Å². The van der Waals surface area contributed by atoms with Gasteiger partial charge >= 0.3 is 0 Å². The second-order valence-electron chi connectivity index (χ2n) is 5.74. The van der Waals surface area contributed by atoms with E-state index in [1.165, 1.54) is 0 Å². The summed E-state index contributed by atoms with van der Waals surface area (Å²) >= 11 is 0. The van der Waals surface area contributed by atoms with Gasteiger partial charge in [-0.1, -0.05) is 23.4 Å². The van der Waals surface area contributed by atoms with Crippen LogP contribution in [0.5, 0.6) is 5.75 Å². The molecule has 0 amide bonds. The van der Waals surface area contributed by atoms with Gasteiger partial charge < -0.3 is 20.1 Å². The third-order valence-electron chi connectivity index (χ3n) is 3.70. The molecule has 1 aliphatic heterocycles. The molecule has 0 fully saturated rings. The molecular weight excluding hydrogens is 270 g/mol. The lowest BCUT2D eigenvalue weighted by Crippen LogP contribution is -2.36. The van der Waals surface area contributed by atoms with Crippen molar-refractivity contribution in [2.45, 2.75) is 31.3 Å². The van der Waals surface area contributed by atoms with Crippen molar-refractivity contribution < 1.29 is 14.4 Å². The number of benzene rings is 1. The Morgan fingerprint density at radius 1 is 1.43 bits per heavy atom. The first-order valence-corrected chi connectivity index (χ1v) is 7.03. The molecule has 2 unspecified atom stereocenters. The Kier molecular flexibility index (Phi) is 3.65. The Morgan fingerprint density at radius 3 is 3.05 bits per heavy atom. The molecule has 0 bridgehead atoms. The molecule has 1 aromatic heterocycles. The number of aromatic nitrogens is 2. The van der Waals surface area contributed by atoms with Crippen LogP contribution in [0.25, 0.3) is 0 Å². The molecule has 0 saturated heterocycles. The maximum absolute atomic E-state index is 9.95. The molecule has 2 atom stereocenters. The van der Waals surface area contributed by atoms with Crippen LogP contribution in [0.2, 0.25) is 0 Å². The predicted molar refractivity (Wildman–Crippen MR) is 76.1 cm³/mol. The average Bonchev–Trinajstić information content (AvgIpc) is 2.94. The van der Waals surface area contributed by atoms with Gasteiger partial charge in [0.25, 0.3) is 0 Å². The smallest absolute Gasteiger partial charge is 0.229 e. The van der Waals surface area contributed by atoms with E-state index in [9.17, 15) is 5.11 Å². The number of nitrogens with two attached hydrogens (primary N) is 1. The van der Waals surface area contributed by atoms with Crippen LogP contribution >= 0.6 is 0 Å². The summed E-state index contributed by atoms with van der Waals surface area (Å²) in [6.45, 7) is 2.32. The first-order valence-electron chi connectivity index (χ1n) is 7.03. The molecule has 0 spiro atoms. The SMILES string of the molecule is CC(O)(CN)Cc1nc(C2COc3ccccc3C2)no1. The van der Waals surface area contributed by atoms with Crippen molar-refractivity contribution >= 4 is 0 Å². The summed E-state index contributed by atoms with van der Waals surface area (Å²) in [4.78, 5) is 4.37. The summed E-state index contributed by atoms with van der Waals surface area (Å²) in [5, 5.41) is 14.0. The van der Waals surface area contributed by atoms with Gasteiger partial charge in [-0.15, -0.1) is 0 Å². The fourth-order valence-corrected chi connectivity index (χ4v) is 2.40. The standard InChI is InChI=1S/C15H19N3O3/c1-15(19,9-16)7-13-17-14(18-21-13)11-6-10-4-2-3-5-12(10)20-8-11/h2-5,11,19H,6-9,16H2,1H3. The second-order valence-corrected chi connectivity index (χ2v) is 5.74. The highest BCUT2D eigenvalue weighted by molar-refractivity contribution is 5.36. The van der Waals surface area contributed by atoms with Gasteiger partial charge in [0.15, 0.2) is 5.82 Å². The van der Waals surface area contributed by atoms with Crippen LogP contribution in [0.3, 0.4) is 0 Å². The minimum atomic E-state index is -1.03. The lowest BCUT2D eigenvalue weighted by Gasteiger charge is -2.22. The maximum atomic E-state index is 9.95. The zero-order valence-electron chi connectivity index (χ0n) is 12.0. The molecule has 1 aromatic carbocycles. The number of hydrogen-bond acceptors (Lipinski definition) is 6. The summed E-state index contributed by atoms with van der Waals surface area (Å²) in [7, 11) is 0. The molecule has 2 heterocycles. The molecule has 112 valence electrons. The maximum Gasteiger partial charge on any atom is 0.229 e. The van der Waals surface area contributed by atoms with Crippen LogP contribution in [0.15, 0.2) is 28.8 Å². The summed E-state index contributed by atoms with van der Waals surface area (Å²) in [5.74, 6) is 2.01. The summed E-state index contributed by atoms with van der Waals surface area (Å²) in [6.07, 6.45) is 1.07. The van der Waals surface area contributed by atoms with Gasteiger partial charge in [0.2, 0.25) is 5.89 Å². The van der Waals surface area contributed by atoms with Crippen LogP contribution in [0.1, 0.15) is 30.1 Å². The first kappa shape index (κ1) is 14.0. The Bertz CT molecular complexity index is 624. The Balaban J connectivity index is 1.73. The van der Waals surface area contributed by atoms with Crippen molar-refractivity contribution in [3.63, 3.8) is 0 Å². The lowest BCUT2D eigenvalue weighted by atomic mass is 9.96. The molecule has 6 nitrogen and oxygen atoms in total. The quantitative estimate of drug-likeness (QED) is 0.873. The van der Waals surface area contributed by atoms with Crippen LogP contribution in [-0.4, -0.2) is 34.0 Å². The highest BCUT2D eigenvalue weighted by Gasteiger charge is 2.27. The van der Waals surface area contributed by atoms with E-state index in [2.05, 4.69) is 10.1 Å². The molecule has 21 heavy (non-hydrogen) atoms. The molecule has 2 aromatic rings. The number of fused-ring (bicyclic) bond motifs is 1. The first-order chi connectivity index (χ1) is 10.1. The minimum Gasteiger partial charge on any atom is -0.493 e. The van der Waals surface area contributed by atoms with E-state index >= 15 is 0 Å². The molecule has 0 radical (unpaired) electrons. The third kappa shape index (κ3) is 3.06. The number of para-hydroxylation sites is 1. The molecule has 0 saturated carbocycles. The van der Waals surface area contributed by atoms with Gasteiger partial charge in [-0.3, -0.25) is 0 Å². The number of hydrogen-bond donors (Lipinski definition) is 2. The monoisotopic (exact) mass is 289 g/mol. The Labute approximate surface area is 122 Å². The summed E-state index contributed by atoms with van der Waals surface area (Å²) in [5.41, 5.74) is 5.62. The summed E-state index contributed by atoms with van der Waals surface area (Å²) < 4.78 is 10.9. The Morgan fingerprint density at radius 2 is 2.24 bits per heavy atom. The molecular formula is C15H19N3O3. The number of ether oxygens (including phenoxy) is 1. The van der Waals surface area contributed by atoms with Crippen molar-refractivity contribution in [1.29, 1.82) is 0 Å². The molecule has 3 rings (SSSR count). The predicted octanol–water partition coefficient (Wildman–Crippen LogP) is 1.04. The van der Waals surface area contributed by atoms with Crippen molar-refractivity contribution in [2.75, 3.05) is 13.2 Å². The van der Waals surface area contributed by atoms with Gasteiger partial charge in [0.1, 0.15) is 5.75 Å². The fraction of sp³-hybridized carbons (Fsp3) is 0.467. The van der Waals surface area contributed by atoms with Gasteiger partial charge in [0.05, 0.1) is 24.5 Å². The van der Waals surface area contributed by atoms with E-state index in [0.717, 1.165) is 17.7 Å². The highest BCUT2D eigenvalue weighted by Crippen LogP contribution is 2.31. The lowest BCUT2D eigenvalue weighted by molar-refractivity contribution is 0.0610. The zero-order valence-corrected chi connectivity index (χ0v) is 12.0. The van der Waals surface area contributed by atoms with Crippen molar-refractivity contribution in [3.8, 4) is 5.75 Å². The Hall–Kier alpha value is -1.92. The topological polar surface area (TPSA) is 94.4 Å². The summed E-state index contributed by atoms with van der Waals surface area (Å²) in [6, 6.07) is 7.96. The molecule has 0 aliphatic carbocycles. The van der Waals surface area contributed by atoms with E-state index in [1.54, 1.807) is 6.92 Å². The van der Waals surface area contributed by atoms with Crippen molar-refractivity contribution in [2.24, 2.45) is 5.73 Å². The number of nitrogens with zero attached hydrogens (tertiary/aromatic N) is 2. The van der Waals surface area contributed by atoms with Crippen LogP contribution in [-0.2, 0) is 12.8 Å². The van der Waals surface area contributed by atoms with Gasteiger partial charge in [-0.05, 0) is 25.0 Å². The van der Waals surface area contributed by atoms with Crippen molar-refractivity contribution in [1.82, 2.24) is 10.1 Å².